The average Bonchev–Trinajstić information content (AvgIpc) is 2.47. The highest BCUT2D eigenvalue weighted by atomic mass is 35.5. The van der Waals surface area contributed by atoms with Gasteiger partial charge in [-0.05, 0) is 43.9 Å². The minimum absolute atomic E-state index is 0.155. The summed E-state index contributed by atoms with van der Waals surface area (Å²) in [5.41, 5.74) is 0.890. The molecule has 0 aliphatic carbocycles. The lowest BCUT2D eigenvalue weighted by Crippen LogP contribution is -2.54. The van der Waals surface area contributed by atoms with Gasteiger partial charge in [-0.2, -0.15) is 0 Å². The Morgan fingerprint density at radius 1 is 1.25 bits per heavy atom. The van der Waals surface area contributed by atoms with E-state index in [9.17, 15) is 4.79 Å². The summed E-state index contributed by atoms with van der Waals surface area (Å²) in [6.45, 7) is 3.37. The number of carbonyl (C=O) groups excluding carboxylic acids is 1. The topological polar surface area (TPSA) is 32.3 Å². The van der Waals surface area contributed by atoms with E-state index in [1.54, 1.807) is 0 Å². The Bertz CT molecular complexity index is 491. The molecule has 2 aliphatic rings. The van der Waals surface area contributed by atoms with Crippen LogP contribution in [0, 0.1) is 5.41 Å². The molecule has 4 heteroatoms. The molecule has 2 aliphatic heterocycles. The monoisotopic (exact) mass is 292 g/mol. The Kier molecular flexibility index (Phi) is 3.99. The molecule has 1 unspecified atom stereocenters. The highest BCUT2D eigenvalue weighted by Crippen LogP contribution is 2.37. The maximum Gasteiger partial charge on any atom is 0.230 e. The number of halogens is 1. The lowest BCUT2D eigenvalue weighted by molar-refractivity contribution is -0.148. The van der Waals surface area contributed by atoms with Crippen LogP contribution in [0.25, 0.3) is 0 Å². The summed E-state index contributed by atoms with van der Waals surface area (Å²) in [5.74, 6) is 0.316. The molecule has 2 heterocycles. The molecule has 0 aromatic heterocycles. The smallest absolute Gasteiger partial charge is 0.230 e. The summed E-state index contributed by atoms with van der Waals surface area (Å²) >= 11 is 6.22. The quantitative estimate of drug-likeness (QED) is 0.909. The first-order chi connectivity index (χ1) is 9.71. The molecule has 1 spiro atoms. The van der Waals surface area contributed by atoms with Gasteiger partial charge in [0.15, 0.2) is 0 Å². The molecule has 1 aromatic rings. The second kappa shape index (κ2) is 5.74. The van der Waals surface area contributed by atoms with Gasteiger partial charge in [0, 0.05) is 24.7 Å². The number of amides is 1. The van der Waals surface area contributed by atoms with Crippen LogP contribution < -0.4 is 5.32 Å². The number of nitrogens with one attached hydrogen (secondary N) is 1. The van der Waals surface area contributed by atoms with Crippen LogP contribution in [0.5, 0.6) is 0 Å². The first-order valence-electron chi connectivity index (χ1n) is 7.45. The van der Waals surface area contributed by atoms with Gasteiger partial charge in [-0.3, -0.25) is 4.79 Å². The molecule has 2 saturated heterocycles. The standard InChI is InChI=1S/C16H21ClN2O/c17-14-6-2-1-5-13(14)11-19-10-4-8-16(15(19)20)7-3-9-18-12-16/h1-2,5-6,18H,3-4,7-12H2. The van der Waals surface area contributed by atoms with Crippen molar-refractivity contribution in [3.8, 4) is 0 Å². The predicted octanol–water partition coefficient (Wildman–Crippen LogP) is 2.83. The maximum absolute atomic E-state index is 12.9. The lowest BCUT2D eigenvalue weighted by Gasteiger charge is -2.44. The molecule has 1 aromatic carbocycles. The maximum atomic E-state index is 12.9. The second-order valence-corrected chi connectivity index (χ2v) is 6.39. The second-order valence-electron chi connectivity index (χ2n) is 5.98. The molecule has 2 fully saturated rings. The largest absolute Gasteiger partial charge is 0.338 e. The Labute approximate surface area is 125 Å². The Balaban J connectivity index is 1.77. The SMILES string of the molecule is O=C1N(Cc2ccccc2Cl)CCCC12CCCNC2. The number of hydrogen-bond acceptors (Lipinski definition) is 2. The molecule has 1 N–H and O–H groups in total. The van der Waals surface area contributed by atoms with Crippen molar-refractivity contribution in [3.63, 3.8) is 0 Å². The van der Waals surface area contributed by atoms with E-state index in [1.807, 2.05) is 29.2 Å². The number of rotatable bonds is 2. The molecular formula is C16H21ClN2O. The fourth-order valence-electron chi connectivity index (χ4n) is 3.50. The van der Waals surface area contributed by atoms with Crippen LogP contribution in [0.15, 0.2) is 24.3 Å². The third kappa shape index (κ3) is 2.57. The highest BCUT2D eigenvalue weighted by Gasteiger charge is 2.44. The first-order valence-corrected chi connectivity index (χ1v) is 7.83. The Morgan fingerprint density at radius 3 is 2.80 bits per heavy atom. The van der Waals surface area contributed by atoms with Crippen molar-refractivity contribution in [1.29, 1.82) is 0 Å². The van der Waals surface area contributed by atoms with Gasteiger partial charge >= 0.3 is 0 Å². The highest BCUT2D eigenvalue weighted by molar-refractivity contribution is 6.31. The van der Waals surface area contributed by atoms with Crippen molar-refractivity contribution in [2.24, 2.45) is 5.41 Å². The Morgan fingerprint density at radius 2 is 2.05 bits per heavy atom. The van der Waals surface area contributed by atoms with Gasteiger partial charge < -0.3 is 10.2 Å². The molecule has 0 saturated carbocycles. The predicted molar refractivity (Wildman–Crippen MR) is 80.6 cm³/mol. The van der Waals surface area contributed by atoms with E-state index in [2.05, 4.69) is 5.32 Å². The molecule has 3 rings (SSSR count). The van der Waals surface area contributed by atoms with Crippen LogP contribution >= 0.6 is 11.6 Å². The van der Waals surface area contributed by atoms with Crippen LogP contribution in [0.2, 0.25) is 5.02 Å². The van der Waals surface area contributed by atoms with Crippen LogP contribution in [0.3, 0.4) is 0 Å². The lowest BCUT2D eigenvalue weighted by atomic mass is 9.73. The van der Waals surface area contributed by atoms with E-state index >= 15 is 0 Å². The summed E-state index contributed by atoms with van der Waals surface area (Å²) < 4.78 is 0. The molecule has 1 amide bonds. The van der Waals surface area contributed by atoms with Gasteiger partial charge in [-0.1, -0.05) is 29.8 Å². The van der Waals surface area contributed by atoms with E-state index in [0.717, 1.165) is 55.9 Å². The van der Waals surface area contributed by atoms with Crippen LogP contribution in [-0.2, 0) is 11.3 Å². The van der Waals surface area contributed by atoms with E-state index in [-0.39, 0.29) is 5.41 Å². The molecular weight excluding hydrogens is 272 g/mol. The van der Waals surface area contributed by atoms with Crippen molar-refractivity contribution in [2.45, 2.75) is 32.2 Å². The average molecular weight is 293 g/mol. The molecule has 3 nitrogen and oxygen atoms in total. The molecule has 108 valence electrons. The normalized spacial score (nSPS) is 27.1. The number of nitrogens with zero attached hydrogens (tertiary/aromatic N) is 1. The van der Waals surface area contributed by atoms with Crippen LogP contribution in [0.1, 0.15) is 31.2 Å². The van der Waals surface area contributed by atoms with Crippen LogP contribution in [-0.4, -0.2) is 30.4 Å². The number of likely N-dealkylation sites (tertiary alicyclic amines) is 1. The fraction of sp³-hybridized carbons (Fsp3) is 0.562. The summed E-state index contributed by atoms with van der Waals surface area (Å²) in [6, 6.07) is 7.81. The fourth-order valence-corrected chi connectivity index (χ4v) is 3.69. The summed E-state index contributed by atoms with van der Waals surface area (Å²) in [7, 11) is 0. The van der Waals surface area contributed by atoms with Gasteiger partial charge in [0.1, 0.15) is 0 Å². The first kappa shape index (κ1) is 13.9. The minimum atomic E-state index is -0.155. The Hall–Kier alpha value is -1.06. The van der Waals surface area contributed by atoms with Crippen molar-refractivity contribution >= 4 is 17.5 Å². The van der Waals surface area contributed by atoms with E-state index in [0.29, 0.717) is 12.5 Å². The van der Waals surface area contributed by atoms with E-state index in [1.165, 1.54) is 0 Å². The molecule has 0 bridgehead atoms. The van der Waals surface area contributed by atoms with Gasteiger partial charge in [-0.15, -0.1) is 0 Å². The number of benzene rings is 1. The number of carbonyl (C=O) groups is 1. The third-order valence-electron chi connectivity index (χ3n) is 4.62. The van der Waals surface area contributed by atoms with Gasteiger partial charge in [0.05, 0.1) is 5.41 Å². The zero-order valence-corrected chi connectivity index (χ0v) is 12.5. The minimum Gasteiger partial charge on any atom is -0.338 e. The summed E-state index contributed by atoms with van der Waals surface area (Å²) in [4.78, 5) is 14.9. The van der Waals surface area contributed by atoms with Crippen molar-refractivity contribution in [1.82, 2.24) is 10.2 Å². The zero-order chi connectivity index (χ0) is 14.0. The number of hydrogen-bond donors (Lipinski definition) is 1. The molecule has 20 heavy (non-hydrogen) atoms. The molecule has 0 radical (unpaired) electrons. The van der Waals surface area contributed by atoms with Gasteiger partial charge in [0.25, 0.3) is 0 Å². The van der Waals surface area contributed by atoms with Crippen molar-refractivity contribution < 1.29 is 4.79 Å². The van der Waals surface area contributed by atoms with Crippen molar-refractivity contribution in [2.75, 3.05) is 19.6 Å². The molecule has 1 atom stereocenters. The van der Waals surface area contributed by atoms with E-state index < -0.39 is 0 Å². The summed E-state index contributed by atoms with van der Waals surface area (Å²) in [6.07, 6.45) is 4.25. The summed E-state index contributed by atoms with van der Waals surface area (Å²) in [5, 5.41) is 4.15. The third-order valence-corrected chi connectivity index (χ3v) is 4.98. The van der Waals surface area contributed by atoms with Crippen LogP contribution in [0.4, 0.5) is 0 Å². The van der Waals surface area contributed by atoms with Gasteiger partial charge in [0.2, 0.25) is 5.91 Å². The van der Waals surface area contributed by atoms with Gasteiger partial charge in [-0.25, -0.2) is 0 Å². The number of piperidine rings is 2. The van der Waals surface area contributed by atoms with E-state index in [4.69, 9.17) is 11.6 Å². The zero-order valence-electron chi connectivity index (χ0n) is 11.7. The van der Waals surface area contributed by atoms with Crippen molar-refractivity contribution in [3.05, 3.63) is 34.9 Å².